The van der Waals surface area contributed by atoms with Gasteiger partial charge < -0.3 is 19.7 Å². The van der Waals surface area contributed by atoms with E-state index in [9.17, 15) is 9.59 Å². The first-order valence-corrected chi connectivity index (χ1v) is 14.1. The molecule has 6 nitrogen and oxygen atoms in total. The molecule has 3 aliphatic rings. The van der Waals surface area contributed by atoms with Gasteiger partial charge in [-0.15, -0.1) is 11.3 Å². The standard InChI is InChI=1S/C27H40N4O2S/c1-19-9-11-20(12-10-19)28-26(33)27(2)18-30-22-13-16-34-24(22)17-23(30)25(32)31(27)15-14-29(3)21-7-5-4-6-8-21/h13,16-17,19-21H,4-12,14-15,18H2,1-3H3,(H,28,33)/t19?,20?,27-/m1/s1. The van der Waals surface area contributed by atoms with Gasteiger partial charge in [-0.2, -0.15) is 0 Å². The number of fused-ring (bicyclic) bond motifs is 3. The molecule has 0 unspecified atom stereocenters. The quantitative estimate of drug-likeness (QED) is 0.636. The molecule has 5 rings (SSSR count). The summed E-state index contributed by atoms with van der Waals surface area (Å²) in [7, 11) is 2.18. The van der Waals surface area contributed by atoms with Crippen LogP contribution in [0.5, 0.6) is 0 Å². The molecule has 1 N–H and O–H groups in total. The smallest absolute Gasteiger partial charge is 0.271 e. The van der Waals surface area contributed by atoms with Gasteiger partial charge in [-0.3, -0.25) is 9.59 Å². The van der Waals surface area contributed by atoms with Crippen molar-refractivity contribution in [2.45, 2.75) is 95.8 Å². The summed E-state index contributed by atoms with van der Waals surface area (Å²) in [4.78, 5) is 32.0. The average Bonchev–Trinajstić information content (AvgIpc) is 3.43. The van der Waals surface area contributed by atoms with Crippen molar-refractivity contribution in [1.82, 2.24) is 19.7 Å². The van der Waals surface area contributed by atoms with Gasteiger partial charge in [0.1, 0.15) is 11.2 Å². The minimum absolute atomic E-state index is 0.00320. The predicted octanol–water partition coefficient (Wildman–Crippen LogP) is 4.88. The summed E-state index contributed by atoms with van der Waals surface area (Å²) in [6.07, 6.45) is 10.8. The SMILES string of the molecule is CC1CCC(NC(=O)[C@@]2(C)Cn3c(cc4sccc43)C(=O)N2CCN(C)C2CCCCC2)CC1. The Labute approximate surface area is 207 Å². The third-order valence-corrected chi connectivity index (χ3v) is 9.62. The molecule has 0 radical (unpaired) electrons. The van der Waals surface area contributed by atoms with Crippen molar-refractivity contribution in [2.75, 3.05) is 20.1 Å². The molecule has 2 aromatic rings. The van der Waals surface area contributed by atoms with Crippen molar-refractivity contribution < 1.29 is 9.59 Å². The first-order valence-electron chi connectivity index (χ1n) is 13.3. The van der Waals surface area contributed by atoms with Crippen LogP contribution in [0.1, 0.15) is 82.1 Å². The molecule has 2 aliphatic carbocycles. The van der Waals surface area contributed by atoms with Crippen molar-refractivity contribution in [3.63, 3.8) is 0 Å². The third-order valence-electron chi connectivity index (χ3n) is 8.76. The second-order valence-corrected chi connectivity index (χ2v) is 12.2. The van der Waals surface area contributed by atoms with Crippen molar-refractivity contribution in [3.8, 4) is 0 Å². The molecule has 34 heavy (non-hydrogen) atoms. The lowest BCUT2D eigenvalue weighted by atomic mass is 9.86. The number of hydrogen-bond donors (Lipinski definition) is 1. The van der Waals surface area contributed by atoms with Crippen LogP contribution in [0, 0.1) is 5.92 Å². The number of amides is 2. The highest BCUT2D eigenvalue weighted by Gasteiger charge is 2.48. The molecule has 0 spiro atoms. The number of carbonyl (C=O) groups is 2. The molecule has 0 bridgehead atoms. The van der Waals surface area contributed by atoms with E-state index in [2.05, 4.69) is 40.2 Å². The van der Waals surface area contributed by atoms with Crippen molar-refractivity contribution in [1.29, 1.82) is 0 Å². The van der Waals surface area contributed by atoms with Crippen LogP contribution in [-0.4, -0.2) is 63.9 Å². The molecule has 0 saturated heterocycles. The highest BCUT2D eigenvalue weighted by Crippen LogP contribution is 2.35. The van der Waals surface area contributed by atoms with Gasteiger partial charge in [0.05, 0.1) is 16.8 Å². The normalized spacial score (nSPS) is 28.5. The van der Waals surface area contributed by atoms with Gasteiger partial charge >= 0.3 is 0 Å². The third kappa shape index (κ3) is 4.41. The molecule has 2 fully saturated rings. The van der Waals surface area contributed by atoms with Crippen LogP contribution < -0.4 is 5.32 Å². The van der Waals surface area contributed by atoms with E-state index in [-0.39, 0.29) is 17.9 Å². The zero-order valence-corrected chi connectivity index (χ0v) is 21.8. The van der Waals surface area contributed by atoms with Crippen LogP contribution >= 0.6 is 11.3 Å². The lowest BCUT2D eigenvalue weighted by molar-refractivity contribution is -0.134. The Morgan fingerprint density at radius 3 is 2.65 bits per heavy atom. The number of thiophene rings is 1. The lowest BCUT2D eigenvalue weighted by Crippen LogP contribution is -2.66. The summed E-state index contributed by atoms with van der Waals surface area (Å²) in [6.45, 7) is 6.17. The Hall–Kier alpha value is -1.86. The highest BCUT2D eigenvalue weighted by atomic mass is 32.1. The van der Waals surface area contributed by atoms with E-state index in [0.29, 0.717) is 19.1 Å². The molecular formula is C27H40N4O2S. The number of nitrogens with one attached hydrogen (secondary N) is 1. The second kappa shape index (κ2) is 9.65. The molecule has 0 aromatic carbocycles. The Morgan fingerprint density at radius 1 is 1.18 bits per heavy atom. The number of carbonyl (C=O) groups excluding carboxylic acids is 2. The zero-order valence-electron chi connectivity index (χ0n) is 21.0. The summed E-state index contributed by atoms with van der Waals surface area (Å²) in [5.41, 5.74) is 0.894. The summed E-state index contributed by atoms with van der Waals surface area (Å²) in [6, 6.07) is 4.89. The number of nitrogens with zero attached hydrogens (tertiary/aromatic N) is 3. The summed E-state index contributed by atoms with van der Waals surface area (Å²) in [5.74, 6) is 0.728. The van der Waals surface area contributed by atoms with E-state index in [4.69, 9.17) is 0 Å². The van der Waals surface area contributed by atoms with E-state index in [1.807, 2.05) is 17.9 Å². The maximum atomic E-state index is 13.8. The second-order valence-electron chi connectivity index (χ2n) is 11.2. The number of hydrogen-bond acceptors (Lipinski definition) is 4. The number of likely N-dealkylation sites (N-methyl/N-ethyl adjacent to an activating group) is 1. The molecule has 1 aliphatic heterocycles. The molecule has 7 heteroatoms. The van der Waals surface area contributed by atoms with E-state index in [1.165, 1.54) is 32.1 Å². The summed E-state index contributed by atoms with van der Waals surface area (Å²) >= 11 is 1.66. The van der Waals surface area contributed by atoms with Gasteiger partial charge in [-0.25, -0.2) is 0 Å². The monoisotopic (exact) mass is 484 g/mol. The van der Waals surface area contributed by atoms with Crippen LogP contribution in [-0.2, 0) is 11.3 Å². The largest absolute Gasteiger partial charge is 0.351 e. The topological polar surface area (TPSA) is 57.6 Å². The van der Waals surface area contributed by atoms with Gasteiger partial charge in [0.2, 0.25) is 5.91 Å². The minimum Gasteiger partial charge on any atom is -0.351 e. The fourth-order valence-electron chi connectivity index (χ4n) is 6.33. The molecule has 2 amide bonds. The molecule has 2 saturated carbocycles. The minimum atomic E-state index is -0.894. The Bertz CT molecular complexity index is 1030. The Morgan fingerprint density at radius 2 is 1.91 bits per heavy atom. The summed E-state index contributed by atoms with van der Waals surface area (Å²) < 4.78 is 3.20. The molecule has 186 valence electrons. The van der Waals surface area contributed by atoms with Crippen LogP contribution in [0.3, 0.4) is 0 Å². The van der Waals surface area contributed by atoms with Crippen LogP contribution in [0.4, 0.5) is 0 Å². The molecule has 2 aromatic heterocycles. The first-order chi connectivity index (χ1) is 16.4. The average molecular weight is 485 g/mol. The van der Waals surface area contributed by atoms with E-state index >= 15 is 0 Å². The first kappa shape index (κ1) is 23.9. The number of aromatic nitrogens is 1. The van der Waals surface area contributed by atoms with Crippen LogP contribution in [0.2, 0.25) is 0 Å². The Kier molecular flexibility index (Phi) is 6.77. The highest BCUT2D eigenvalue weighted by molar-refractivity contribution is 7.17. The van der Waals surface area contributed by atoms with Gasteiger partial charge in [-0.1, -0.05) is 26.2 Å². The molecular weight excluding hydrogens is 444 g/mol. The van der Waals surface area contributed by atoms with Crippen molar-refractivity contribution >= 4 is 33.4 Å². The van der Waals surface area contributed by atoms with E-state index in [0.717, 1.165) is 54.1 Å². The van der Waals surface area contributed by atoms with Crippen molar-refractivity contribution in [2.24, 2.45) is 5.92 Å². The zero-order chi connectivity index (χ0) is 23.9. The maximum absolute atomic E-state index is 13.8. The maximum Gasteiger partial charge on any atom is 0.271 e. The van der Waals surface area contributed by atoms with Crippen LogP contribution in [0.25, 0.3) is 10.2 Å². The van der Waals surface area contributed by atoms with Crippen LogP contribution in [0.15, 0.2) is 17.5 Å². The predicted molar refractivity (Wildman–Crippen MR) is 138 cm³/mol. The lowest BCUT2D eigenvalue weighted by Gasteiger charge is -2.45. The van der Waals surface area contributed by atoms with Crippen molar-refractivity contribution in [3.05, 3.63) is 23.2 Å². The van der Waals surface area contributed by atoms with Gasteiger partial charge in [0.15, 0.2) is 0 Å². The van der Waals surface area contributed by atoms with Gasteiger partial charge in [0.25, 0.3) is 5.91 Å². The van der Waals surface area contributed by atoms with E-state index in [1.54, 1.807) is 11.3 Å². The molecule has 1 atom stereocenters. The summed E-state index contributed by atoms with van der Waals surface area (Å²) in [5, 5.41) is 5.42. The Balaban J connectivity index is 1.39. The number of rotatable bonds is 6. The van der Waals surface area contributed by atoms with Gasteiger partial charge in [-0.05, 0) is 75.9 Å². The molecule has 3 heterocycles. The fourth-order valence-corrected chi connectivity index (χ4v) is 7.15. The van der Waals surface area contributed by atoms with E-state index < -0.39 is 5.54 Å². The van der Waals surface area contributed by atoms with Gasteiger partial charge in [0, 0.05) is 25.2 Å². The fraction of sp³-hybridized carbons (Fsp3) is 0.704.